The van der Waals surface area contributed by atoms with Crippen molar-refractivity contribution >= 4 is 27.7 Å². The molecule has 9 nitrogen and oxygen atoms in total. The van der Waals surface area contributed by atoms with Crippen molar-refractivity contribution in [2.75, 3.05) is 26.2 Å². The van der Waals surface area contributed by atoms with Gasteiger partial charge in [-0.25, -0.2) is 8.42 Å². The molecule has 2 N–H and O–H groups in total. The number of sulfonamides is 1. The summed E-state index contributed by atoms with van der Waals surface area (Å²) in [6.07, 6.45) is 1.74. The first-order valence-corrected chi connectivity index (χ1v) is 11.7. The fraction of sp³-hybridized carbons (Fsp3) is 0.550. The molecule has 3 amide bonds. The molecule has 1 unspecified atom stereocenters. The van der Waals surface area contributed by atoms with Crippen LogP contribution in [0.25, 0.3) is 0 Å². The minimum Gasteiger partial charge on any atom is -0.342 e. The van der Waals surface area contributed by atoms with Crippen LogP contribution in [0.3, 0.4) is 0 Å². The number of hydrogen-bond acceptors (Lipinski definition) is 5. The molecule has 0 radical (unpaired) electrons. The van der Waals surface area contributed by atoms with Crippen LogP contribution in [0.15, 0.2) is 29.2 Å². The van der Waals surface area contributed by atoms with E-state index in [0.717, 1.165) is 6.42 Å². The first-order chi connectivity index (χ1) is 14.2. The van der Waals surface area contributed by atoms with E-state index in [9.17, 15) is 22.8 Å². The largest absolute Gasteiger partial charge is 0.342 e. The summed E-state index contributed by atoms with van der Waals surface area (Å²) in [5.41, 5.74) is 4.86. The second-order valence-corrected chi connectivity index (χ2v) is 9.03. The van der Waals surface area contributed by atoms with Crippen LogP contribution < -0.4 is 10.9 Å². The van der Waals surface area contributed by atoms with E-state index in [1.54, 1.807) is 25.7 Å². The van der Waals surface area contributed by atoms with Crippen LogP contribution in [0.1, 0.15) is 50.4 Å². The Balaban J connectivity index is 2.01. The lowest BCUT2D eigenvalue weighted by Crippen LogP contribution is -2.50. The van der Waals surface area contributed by atoms with Gasteiger partial charge in [0.15, 0.2) is 0 Å². The Morgan fingerprint density at radius 2 is 1.83 bits per heavy atom. The van der Waals surface area contributed by atoms with Gasteiger partial charge in [-0.05, 0) is 31.0 Å². The van der Waals surface area contributed by atoms with Gasteiger partial charge >= 0.3 is 0 Å². The van der Waals surface area contributed by atoms with Gasteiger partial charge in [0.2, 0.25) is 21.8 Å². The molecule has 1 aliphatic heterocycles. The summed E-state index contributed by atoms with van der Waals surface area (Å²) < 4.78 is 26.6. The Bertz CT molecular complexity index is 883. The predicted molar refractivity (Wildman–Crippen MR) is 112 cm³/mol. The molecular weight excluding hydrogens is 408 g/mol. The zero-order valence-corrected chi connectivity index (χ0v) is 18.5. The van der Waals surface area contributed by atoms with E-state index in [1.165, 1.54) is 28.6 Å². The minimum absolute atomic E-state index is 0.00256. The van der Waals surface area contributed by atoms with Crippen LogP contribution >= 0.6 is 0 Å². The SMILES string of the molecule is CCC(=O)N1CCCC(C(=O)NNC(=O)c2cccc(S(=O)(=O)N(CC)CC)c2)C1. The molecule has 0 bridgehead atoms. The Morgan fingerprint density at radius 3 is 2.47 bits per heavy atom. The first-order valence-electron chi connectivity index (χ1n) is 10.2. The lowest BCUT2D eigenvalue weighted by atomic mass is 9.97. The number of carbonyl (C=O) groups is 3. The maximum absolute atomic E-state index is 12.6. The van der Waals surface area contributed by atoms with E-state index in [0.29, 0.717) is 39.0 Å². The molecule has 1 aliphatic rings. The van der Waals surface area contributed by atoms with Crippen LogP contribution in [-0.2, 0) is 19.6 Å². The zero-order valence-electron chi connectivity index (χ0n) is 17.7. The predicted octanol–water partition coefficient (Wildman–Crippen LogP) is 1.13. The number of hydrazine groups is 1. The van der Waals surface area contributed by atoms with Gasteiger partial charge in [0, 0.05) is 38.2 Å². The van der Waals surface area contributed by atoms with Gasteiger partial charge in [-0.3, -0.25) is 25.2 Å². The Morgan fingerprint density at radius 1 is 1.13 bits per heavy atom. The number of amides is 3. The smallest absolute Gasteiger partial charge is 0.269 e. The van der Waals surface area contributed by atoms with Crippen LogP contribution in [0.4, 0.5) is 0 Å². The normalized spacial score (nSPS) is 16.9. The van der Waals surface area contributed by atoms with Gasteiger partial charge in [-0.15, -0.1) is 0 Å². The summed E-state index contributed by atoms with van der Waals surface area (Å²) in [6, 6.07) is 5.69. The second-order valence-electron chi connectivity index (χ2n) is 7.09. The highest BCUT2D eigenvalue weighted by Crippen LogP contribution is 2.18. The highest BCUT2D eigenvalue weighted by Gasteiger charge is 2.28. The van der Waals surface area contributed by atoms with E-state index in [-0.39, 0.29) is 22.3 Å². The van der Waals surface area contributed by atoms with Gasteiger partial charge in [-0.2, -0.15) is 4.31 Å². The quantitative estimate of drug-likeness (QED) is 0.619. The third-order valence-corrected chi connectivity index (χ3v) is 7.23. The molecular formula is C20H30N4O5S. The Hall–Kier alpha value is -2.46. The van der Waals surface area contributed by atoms with Crippen molar-refractivity contribution in [2.45, 2.75) is 44.9 Å². The van der Waals surface area contributed by atoms with E-state index < -0.39 is 21.8 Å². The molecule has 0 aromatic heterocycles. The highest BCUT2D eigenvalue weighted by atomic mass is 32.2. The van der Waals surface area contributed by atoms with Crippen molar-refractivity contribution in [3.8, 4) is 0 Å². The molecule has 0 spiro atoms. The molecule has 0 aliphatic carbocycles. The summed E-state index contributed by atoms with van der Waals surface area (Å²) in [5, 5.41) is 0. The standard InChI is InChI=1S/C20H30N4O5S/c1-4-18(25)23-12-8-10-16(14-23)20(27)22-21-19(26)15-9-7-11-17(13-15)30(28,29)24(5-2)6-3/h7,9,11,13,16H,4-6,8,10,12,14H2,1-3H3,(H,21,26)(H,22,27). The van der Waals surface area contributed by atoms with Gasteiger partial charge < -0.3 is 4.90 Å². The number of hydrogen-bond donors (Lipinski definition) is 2. The summed E-state index contributed by atoms with van der Waals surface area (Å²) >= 11 is 0. The Kier molecular flexibility index (Phi) is 8.36. The van der Waals surface area contributed by atoms with E-state index in [1.807, 2.05) is 0 Å². The van der Waals surface area contributed by atoms with Crippen molar-refractivity contribution in [1.29, 1.82) is 0 Å². The van der Waals surface area contributed by atoms with Crippen LogP contribution in [0.5, 0.6) is 0 Å². The third-order valence-electron chi connectivity index (χ3n) is 5.19. The van der Waals surface area contributed by atoms with Crippen LogP contribution in [-0.4, -0.2) is 61.5 Å². The molecule has 1 aromatic carbocycles. The van der Waals surface area contributed by atoms with E-state index in [4.69, 9.17) is 0 Å². The third kappa shape index (κ3) is 5.57. The summed E-state index contributed by atoms with van der Waals surface area (Å²) in [6.45, 7) is 6.87. The van der Waals surface area contributed by atoms with Crippen molar-refractivity contribution < 1.29 is 22.8 Å². The van der Waals surface area contributed by atoms with Gasteiger partial charge in [-0.1, -0.05) is 26.8 Å². The average Bonchev–Trinajstić information content (AvgIpc) is 2.77. The van der Waals surface area contributed by atoms with Crippen molar-refractivity contribution in [2.24, 2.45) is 5.92 Å². The molecule has 2 rings (SSSR count). The number of likely N-dealkylation sites (tertiary alicyclic amines) is 1. The topological polar surface area (TPSA) is 116 Å². The molecule has 10 heteroatoms. The average molecular weight is 439 g/mol. The van der Waals surface area contributed by atoms with E-state index >= 15 is 0 Å². The van der Waals surface area contributed by atoms with Crippen LogP contribution in [0, 0.1) is 5.92 Å². The first kappa shape index (κ1) is 23.8. The number of nitrogens with zero attached hydrogens (tertiary/aromatic N) is 2. The second kappa shape index (κ2) is 10.5. The maximum atomic E-state index is 12.6. The molecule has 1 heterocycles. The molecule has 0 saturated carbocycles. The highest BCUT2D eigenvalue weighted by molar-refractivity contribution is 7.89. The van der Waals surface area contributed by atoms with Crippen molar-refractivity contribution in [3.05, 3.63) is 29.8 Å². The van der Waals surface area contributed by atoms with Crippen molar-refractivity contribution in [3.63, 3.8) is 0 Å². The summed E-state index contributed by atoms with van der Waals surface area (Å²) in [4.78, 5) is 38.4. The molecule has 1 saturated heterocycles. The molecule has 30 heavy (non-hydrogen) atoms. The Labute approximate surface area is 177 Å². The molecule has 166 valence electrons. The number of rotatable bonds is 7. The van der Waals surface area contributed by atoms with E-state index in [2.05, 4.69) is 10.9 Å². The molecule has 1 aromatic rings. The van der Waals surface area contributed by atoms with Gasteiger partial charge in [0.1, 0.15) is 0 Å². The molecule has 1 atom stereocenters. The monoisotopic (exact) mass is 438 g/mol. The lowest BCUT2D eigenvalue weighted by Gasteiger charge is -2.31. The van der Waals surface area contributed by atoms with Crippen molar-refractivity contribution in [1.82, 2.24) is 20.1 Å². The number of benzene rings is 1. The van der Waals surface area contributed by atoms with Gasteiger partial charge in [0.25, 0.3) is 5.91 Å². The summed E-state index contributed by atoms with van der Waals surface area (Å²) in [7, 11) is -3.69. The fourth-order valence-corrected chi connectivity index (χ4v) is 4.95. The van der Waals surface area contributed by atoms with Gasteiger partial charge in [0.05, 0.1) is 10.8 Å². The minimum atomic E-state index is -3.69. The number of piperidine rings is 1. The maximum Gasteiger partial charge on any atom is 0.269 e. The zero-order chi connectivity index (χ0) is 22.3. The number of carbonyl (C=O) groups excluding carboxylic acids is 3. The molecule has 1 fully saturated rings. The number of nitrogens with one attached hydrogen (secondary N) is 2. The lowest BCUT2D eigenvalue weighted by molar-refractivity contribution is -0.135. The fourth-order valence-electron chi connectivity index (χ4n) is 3.44. The summed E-state index contributed by atoms with van der Waals surface area (Å²) in [5.74, 6) is -1.38. The van der Waals surface area contributed by atoms with Crippen LogP contribution in [0.2, 0.25) is 0 Å².